The molecule has 62 heavy (non-hydrogen) atoms. The molecule has 6 heteroatoms. The number of aliphatic hydroxyl groups is 2. The molecule has 0 bridgehead atoms. The fraction of sp³-hybridized carbons (Fsp3) is 0.893. The molecule has 0 aliphatic heterocycles. The molecule has 0 fully saturated rings. The van der Waals surface area contributed by atoms with Gasteiger partial charge in [0.25, 0.3) is 0 Å². The third-order valence-corrected chi connectivity index (χ3v) is 12.7. The largest absolute Gasteiger partial charge is 0.466 e. The first kappa shape index (κ1) is 60.3. The molecule has 0 saturated carbocycles. The number of aliphatic hydroxyl groups excluding tert-OH is 2. The van der Waals surface area contributed by atoms with Crippen molar-refractivity contribution in [2.24, 2.45) is 0 Å². The molecule has 0 aliphatic carbocycles. The molecule has 0 radical (unpaired) electrons. The van der Waals surface area contributed by atoms with Gasteiger partial charge in [-0.2, -0.15) is 0 Å². The summed E-state index contributed by atoms with van der Waals surface area (Å²) in [6.45, 7) is 4.84. The van der Waals surface area contributed by atoms with Crippen molar-refractivity contribution < 1.29 is 24.5 Å². The van der Waals surface area contributed by atoms with E-state index >= 15 is 0 Å². The third-order valence-electron chi connectivity index (χ3n) is 12.7. The highest BCUT2D eigenvalue weighted by atomic mass is 16.5. The Kier molecular flexibility index (Phi) is 50.6. The first-order chi connectivity index (χ1) is 30.5. The molecule has 0 heterocycles. The van der Waals surface area contributed by atoms with Crippen LogP contribution in [0.2, 0.25) is 0 Å². The zero-order valence-electron chi connectivity index (χ0n) is 41.6. The first-order valence-electron chi connectivity index (χ1n) is 27.6. The minimum atomic E-state index is -0.840. The number of amides is 1. The minimum Gasteiger partial charge on any atom is -0.466 e. The van der Waals surface area contributed by atoms with E-state index in [0.717, 1.165) is 44.9 Å². The zero-order valence-corrected chi connectivity index (χ0v) is 41.6. The molecular weight excluding hydrogens is 767 g/mol. The second-order valence-electron chi connectivity index (χ2n) is 18.9. The van der Waals surface area contributed by atoms with Crippen LogP contribution in [0.25, 0.3) is 0 Å². The van der Waals surface area contributed by atoms with Crippen LogP contribution in [-0.2, 0) is 14.3 Å². The Hall–Kier alpha value is -1.66. The van der Waals surface area contributed by atoms with E-state index in [1.54, 1.807) is 6.08 Å². The number of nitrogens with one attached hydrogen (secondary N) is 1. The summed E-state index contributed by atoms with van der Waals surface area (Å²) >= 11 is 0. The summed E-state index contributed by atoms with van der Waals surface area (Å²) in [4.78, 5) is 24.3. The predicted octanol–water partition coefficient (Wildman–Crippen LogP) is 16.7. The number of carbonyl (C=O) groups excluding carboxylic acids is 2. The van der Waals surface area contributed by atoms with E-state index in [-0.39, 0.29) is 18.5 Å². The van der Waals surface area contributed by atoms with Gasteiger partial charge in [-0.25, -0.2) is 0 Å². The van der Waals surface area contributed by atoms with Crippen LogP contribution in [0.1, 0.15) is 296 Å². The standard InChI is InChI=1S/C56H107NO5/c1-3-5-7-9-11-13-29-34-38-42-46-50-56(61)62-51-47-43-39-35-31-28-26-24-22-20-18-16-14-15-17-19-21-23-25-27-30-33-37-41-45-49-55(60)57-53(52-58)54(59)48-44-40-36-32-12-10-8-6-4-2/h9,11,44,48,53-54,58-59H,3-8,10,12-43,45-47,49-52H2,1-2H3,(H,57,60)/b11-9-,48-44+. The molecule has 0 rings (SSSR count). The lowest BCUT2D eigenvalue weighted by Gasteiger charge is -2.20. The Morgan fingerprint density at radius 1 is 0.435 bits per heavy atom. The molecule has 2 atom stereocenters. The van der Waals surface area contributed by atoms with Gasteiger partial charge in [0, 0.05) is 12.8 Å². The Balaban J connectivity index is 3.35. The average Bonchev–Trinajstić information content (AvgIpc) is 3.27. The number of allylic oxidation sites excluding steroid dienone is 3. The van der Waals surface area contributed by atoms with Crippen molar-refractivity contribution in [3.8, 4) is 0 Å². The Morgan fingerprint density at radius 3 is 1.19 bits per heavy atom. The molecule has 1 amide bonds. The molecule has 0 saturated heterocycles. The summed E-state index contributed by atoms with van der Waals surface area (Å²) in [6.07, 6.45) is 62.1. The summed E-state index contributed by atoms with van der Waals surface area (Å²) in [6, 6.07) is -0.623. The monoisotopic (exact) mass is 874 g/mol. The molecule has 0 aliphatic rings. The van der Waals surface area contributed by atoms with Crippen LogP contribution in [0.4, 0.5) is 0 Å². The van der Waals surface area contributed by atoms with Gasteiger partial charge in [0.2, 0.25) is 5.91 Å². The van der Waals surface area contributed by atoms with E-state index in [4.69, 9.17) is 4.74 Å². The van der Waals surface area contributed by atoms with E-state index in [2.05, 4.69) is 31.3 Å². The topological polar surface area (TPSA) is 95.9 Å². The van der Waals surface area contributed by atoms with E-state index in [0.29, 0.717) is 19.4 Å². The molecule has 2 unspecified atom stereocenters. The van der Waals surface area contributed by atoms with E-state index in [1.807, 2.05) is 6.08 Å². The van der Waals surface area contributed by atoms with Crippen LogP contribution in [0, 0.1) is 0 Å². The number of rotatable bonds is 51. The SMILES string of the molecule is CCCC/C=C\CCCCCCCC(=O)OCCCCCCCCCCCCCCCCCCCCCCCCCCCC(=O)NC(CO)C(O)/C=C/CCCCCCCCC. The minimum absolute atomic E-state index is 0.00445. The quantitative estimate of drug-likeness (QED) is 0.0321. The predicted molar refractivity (Wildman–Crippen MR) is 269 cm³/mol. The fourth-order valence-corrected chi connectivity index (χ4v) is 8.44. The van der Waals surface area contributed by atoms with Crippen LogP contribution in [-0.4, -0.2) is 47.4 Å². The fourth-order valence-electron chi connectivity index (χ4n) is 8.44. The van der Waals surface area contributed by atoms with Gasteiger partial charge in [-0.1, -0.05) is 256 Å². The van der Waals surface area contributed by atoms with Gasteiger partial charge in [-0.05, 0) is 51.4 Å². The first-order valence-corrected chi connectivity index (χ1v) is 27.6. The van der Waals surface area contributed by atoms with Gasteiger partial charge in [0.15, 0.2) is 0 Å². The lowest BCUT2D eigenvalue weighted by molar-refractivity contribution is -0.143. The number of esters is 1. The third kappa shape index (κ3) is 47.8. The van der Waals surface area contributed by atoms with Crippen molar-refractivity contribution >= 4 is 11.9 Å². The van der Waals surface area contributed by atoms with Crippen molar-refractivity contribution in [2.45, 2.75) is 309 Å². The van der Waals surface area contributed by atoms with Crippen LogP contribution >= 0.6 is 0 Å². The van der Waals surface area contributed by atoms with Crippen molar-refractivity contribution in [3.63, 3.8) is 0 Å². The average molecular weight is 874 g/mol. The van der Waals surface area contributed by atoms with Gasteiger partial charge >= 0.3 is 5.97 Å². The molecule has 0 aromatic carbocycles. The van der Waals surface area contributed by atoms with Gasteiger partial charge in [-0.3, -0.25) is 9.59 Å². The van der Waals surface area contributed by atoms with Crippen LogP contribution < -0.4 is 5.32 Å². The van der Waals surface area contributed by atoms with E-state index < -0.39 is 12.1 Å². The number of unbranched alkanes of at least 4 members (excludes halogenated alkanes) is 38. The molecule has 366 valence electrons. The van der Waals surface area contributed by atoms with Crippen molar-refractivity contribution in [1.82, 2.24) is 5.32 Å². The number of carbonyl (C=O) groups is 2. The summed E-state index contributed by atoms with van der Waals surface area (Å²) in [5.74, 6) is -0.0643. The molecule has 0 spiro atoms. The maximum absolute atomic E-state index is 12.4. The maximum Gasteiger partial charge on any atom is 0.305 e. The smallest absolute Gasteiger partial charge is 0.305 e. The highest BCUT2D eigenvalue weighted by molar-refractivity contribution is 5.76. The highest BCUT2D eigenvalue weighted by Crippen LogP contribution is 2.17. The van der Waals surface area contributed by atoms with Crippen molar-refractivity contribution in [1.29, 1.82) is 0 Å². The molecule has 0 aromatic rings. The lowest BCUT2D eigenvalue weighted by atomic mass is 10.0. The molecule has 3 N–H and O–H groups in total. The molecule has 6 nitrogen and oxygen atoms in total. The number of hydrogen-bond acceptors (Lipinski definition) is 5. The molecule has 0 aromatic heterocycles. The summed E-state index contributed by atoms with van der Waals surface area (Å²) in [5, 5.41) is 22.9. The van der Waals surface area contributed by atoms with Crippen molar-refractivity contribution in [3.05, 3.63) is 24.3 Å². The van der Waals surface area contributed by atoms with Crippen LogP contribution in [0.3, 0.4) is 0 Å². The van der Waals surface area contributed by atoms with Gasteiger partial charge in [0.1, 0.15) is 0 Å². The second-order valence-corrected chi connectivity index (χ2v) is 18.9. The summed E-state index contributed by atoms with van der Waals surface area (Å²) in [5.41, 5.74) is 0. The Labute approximate surface area is 386 Å². The van der Waals surface area contributed by atoms with E-state index in [1.165, 1.54) is 225 Å². The van der Waals surface area contributed by atoms with Crippen molar-refractivity contribution in [2.75, 3.05) is 13.2 Å². The molecular formula is C56H107NO5. The Morgan fingerprint density at radius 2 is 0.774 bits per heavy atom. The van der Waals surface area contributed by atoms with Gasteiger partial charge in [0.05, 0.1) is 25.4 Å². The maximum atomic E-state index is 12.4. The summed E-state index contributed by atoms with van der Waals surface area (Å²) in [7, 11) is 0. The number of ether oxygens (including phenoxy) is 1. The normalized spacial score (nSPS) is 12.8. The van der Waals surface area contributed by atoms with Crippen LogP contribution in [0.5, 0.6) is 0 Å². The summed E-state index contributed by atoms with van der Waals surface area (Å²) < 4.78 is 5.45. The number of hydrogen-bond donors (Lipinski definition) is 3. The van der Waals surface area contributed by atoms with E-state index in [9.17, 15) is 19.8 Å². The Bertz CT molecular complexity index is 966. The highest BCUT2D eigenvalue weighted by Gasteiger charge is 2.18. The zero-order chi connectivity index (χ0) is 45.1. The van der Waals surface area contributed by atoms with Gasteiger partial charge in [-0.15, -0.1) is 0 Å². The second kappa shape index (κ2) is 52.0. The van der Waals surface area contributed by atoms with Crippen LogP contribution in [0.15, 0.2) is 24.3 Å². The van der Waals surface area contributed by atoms with Gasteiger partial charge < -0.3 is 20.3 Å². The lowest BCUT2D eigenvalue weighted by Crippen LogP contribution is -2.45.